The van der Waals surface area contributed by atoms with E-state index in [0.29, 0.717) is 25.5 Å². The molecule has 2 fully saturated rings. The number of carbonyl (C=O) groups is 2. The highest BCUT2D eigenvalue weighted by Gasteiger charge is 2.39. The van der Waals surface area contributed by atoms with Gasteiger partial charge in [-0.15, -0.1) is 0 Å². The van der Waals surface area contributed by atoms with E-state index in [1.54, 1.807) is 4.90 Å². The largest absolute Gasteiger partial charge is 0.481 e. The number of hydrogen-bond donors (Lipinski definition) is 2. The average molecular weight is 256 g/mol. The molecule has 102 valence electrons. The van der Waals surface area contributed by atoms with Crippen molar-refractivity contribution in [2.24, 2.45) is 11.8 Å². The number of nitrogens with zero attached hydrogens (tertiary/aromatic N) is 1. The van der Waals surface area contributed by atoms with Crippen LogP contribution in [0, 0.1) is 11.8 Å². The van der Waals surface area contributed by atoms with E-state index in [-0.39, 0.29) is 18.6 Å². The van der Waals surface area contributed by atoms with Crippen LogP contribution < -0.4 is 5.32 Å². The van der Waals surface area contributed by atoms with Crippen molar-refractivity contribution in [1.29, 1.82) is 0 Å². The molecular weight excluding hydrogens is 236 g/mol. The second-order valence-electron chi connectivity index (χ2n) is 4.96. The number of rotatable bonds is 5. The molecule has 6 heteroatoms. The van der Waals surface area contributed by atoms with Gasteiger partial charge in [-0.25, -0.2) is 0 Å². The molecule has 2 rings (SSSR count). The smallest absolute Gasteiger partial charge is 0.311 e. The van der Waals surface area contributed by atoms with Gasteiger partial charge in [-0.3, -0.25) is 9.59 Å². The molecule has 6 nitrogen and oxygen atoms in total. The third-order valence-corrected chi connectivity index (χ3v) is 3.76. The molecular formula is C12H20N2O4. The maximum Gasteiger partial charge on any atom is 0.311 e. The topological polar surface area (TPSA) is 78.9 Å². The summed E-state index contributed by atoms with van der Waals surface area (Å²) < 4.78 is 5.22. The maximum absolute atomic E-state index is 12.2. The van der Waals surface area contributed by atoms with Gasteiger partial charge in [0.05, 0.1) is 19.3 Å². The summed E-state index contributed by atoms with van der Waals surface area (Å²) in [6.07, 6.45) is 0.504. The first kappa shape index (κ1) is 13.3. The van der Waals surface area contributed by atoms with Gasteiger partial charge in [-0.05, 0) is 25.9 Å². The molecule has 2 aliphatic rings. The minimum Gasteiger partial charge on any atom is -0.481 e. The Morgan fingerprint density at radius 1 is 1.39 bits per heavy atom. The zero-order chi connectivity index (χ0) is 13.1. The number of aliphatic carboxylic acids is 1. The lowest BCUT2D eigenvalue weighted by molar-refractivity contribution is -0.145. The number of ether oxygens (including phenoxy) is 1. The number of likely N-dealkylation sites (N-methyl/N-ethyl adjacent to an activating group) is 1. The molecule has 18 heavy (non-hydrogen) atoms. The minimum atomic E-state index is -0.880. The summed E-state index contributed by atoms with van der Waals surface area (Å²) in [5.74, 6) is -1.02. The highest BCUT2D eigenvalue weighted by atomic mass is 16.5. The van der Waals surface area contributed by atoms with Crippen LogP contribution in [0.15, 0.2) is 0 Å². The third kappa shape index (κ3) is 2.64. The number of carboxylic acids is 1. The molecule has 0 aliphatic carbocycles. The molecule has 0 saturated carbocycles. The van der Waals surface area contributed by atoms with Crippen LogP contribution in [0.4, 0.5) is 0 Å². The summed E-state index contributed by atoms with van der Waals surface area (Å²) >= 11 is 0. The van der Waals surface area contributed by atoms with Gasteiger partial charge in [0.25, 0.3) is 0 Å². The van der Waals surface area contributed by atoms with Crippen molar-refractivity contribution in [3.63, 3.8) is 0 Å². The first-order valence-electron chi connectivity index (χ1n) is 6.44. The Hall–Kier alpha value is -1.14. The van der Waals surface area contributed by atoms with Crippen molar-refractivity contribution in [3.05, 3.63) is 0 Å². The normalized spacial score (nSPS) is 27.8. The lowest BCUT2D eigenvalue weighted by atomic mass is 9.96. The minimum absolute atomic E-state index is 0.0470. The predicted molar refractivity (Wildman–Crippen MR) is 64.1 cm³/mol. The maximum atomic E-state index is 12.2. The Kier molecular flexibility index (Phi) is 4.19. The Bertz CT molecular complexity index is 330. The molecule has 2 atom stereocenters. The SMILES string of the molecule is CCN(C(=O)CC1CNC1)C1COCC1C(=O)O. The van der Waals surface area contributed by atoms with Crippen LogP contribution >= 0.6 is 0 Å². The van der Waals surface area contributed by atoms with Crippen LogP contribution in [-0.2, 0) is 14.3 Å². The summed E-state index contributed by atoms with van der Waals surface area (Å²) in [5.41, 5.74) is 0. The summed E-state index contributed by atoms with van der Waals surface area (Å²) in [6.45, 7) is 4.72. The zero-order valence-electron chi connectivity index (χ0n) is 10.6. The van der Waals surface area contributed by atoms with E-state index in [1.807, 2.05) is 6.92 Å². The molecule has 0 aromatic carbocycles. The number of nitrogens with one attached hydrogen (secondary N) is 1. The van der Waals surface area contributed by atoms with Crippen LogP contribution in [0.3, 0.4) is 0 Å². The van der Waals surface area contributed by atoms with Gasteiger partial charge in [0.2, 0.25) is 5.91 Å². The molecule has 0 aromatic rings. The Labute approximate surface area is 106 Å². The average Bonchev–Trinajstić information content (AvgIpc) is 2.73. The van der Waals surface area contributed by atoms with E-state index in [0.717, 1.165) is 13.1 Å². The number of hydrogen-bond acceptors (Lipinski definition) is 4. The van der Waals surface area contributed by atoms with Crippen molar-refractivity contribution in [2.75, 3.05) is 32.8 Å². The monoisotopic (exact) mass is 256 g/mol. The lowest BCUT2D eigenvalue weighted by Crippen LogP contribution is -2.50. The number of carbonyl (C=O) groups excluding carboxylic acids is 1. The van der Waals surface area contributed by atoms with E-state index in [4.69, 9.17) is 9.84 Å². The van der Waals surface area contributed by atoms with E-state index in [9.17, 15) is 9.59 Å². The first-order chi connectivity index (χ1) is 8.63. The lowest BCUT2D eigenvalue weighted by Gasteiger charge is -2.33. The van der Waals surface area contributed by atoms with Crippen LogP contribution in [0.25, 0.3) is 0 Å². The summed E-state index contributed by atoms with van der Waals surface area (Å²) in [5, 5.41) is 12.3. The quantitative estimate of drug-likeness (QED) is 0.696. The van der Waals surface area contributed by atoms with Crippen molar-refractivity contribution in [2.45, 2.75) is 19.4 Å². The molecule has 2 heterocycles. The van der Waals surface area contributed by atoms with E-state index in [1.165, 1.54) is 0 Å². The number of amides is 1. The molecule has 0 bridgehead atoms. The highest BCUT2D eigenvalue weighted by Crippen LogP contribution is 2.22. The fraction of sp³-hybridized carbons (Fsp3) is 0.833. The summed E-state index contributed by atoms with van der Waals surface area (Å²) in [4.78, 5) is 25.0. The van der Waals surface area contributed by atoms with Crippen molar-refractivity contribution < 1.29 is 19.4 Å². The van der Waals surface area contributed by atoms with Gasteiger partial charge in [0.1, 0.15) is 5.92 Å². The standard InChI is InChI=1S/C12H20N2O4/c1-2-14(11(15)3-8-4-13-5-8)10-7-18-6-9(10)12(16)17/h8-10,13H,2-7H2,1H3,(H,16,17). The molecule has 0 aromatic heterocycles. The van der Waals surface area contributed by atoms with Crippen molar-refractivity contribution in [3.8, 4) is 0 Å². The fourth-order valence-corrected chi connectivity index (χ4v) is 2.54. The molecule has 2 aliphatic heterocycles. The van der Waals surface area contributed by atoms with Gasteiger partial charge in [0.15, 0.2) is 0 Å². The van der Waals surface area contributed by atoms with E-state index < -0.39 is 11.9 Å². The van der Waals surface area contributed by atoms with E-state index >= 15 is 0 Å². The summed E-state index contributed by atoms with van der Waals surface area (Å²) in [7, 11) is 0. The fourth-order valence-electron chi connectivity index (χ4n) is 2.54. The van der Waals surface area contributed by atoms with Crippen LogP contribution in [0.2, 0.25) is 0 Å². The Morgan fingerprint density at radius 2 is 2.11 bits per heavy atom. The third-order valence-electron chi connectivity index (χ3n) is 3.76. The van der Waals surface area contributed by atoms with Gasteiger partial charge in [-0.1, -0.05) is 0 Å². The Balaban J connectivity index is 1.97. The molecule has 1 amide bonds. The van der Waals surface area contributed by atoms with E-state index in [2.05, 4.69) is 5.32 Å². The molecule has 0 radical (unpaired) electrons. The van der Waals surface area contributed by atoms with Gasteiger partial charge < -0.3 is 20.1 Å². The first-order valence-corrected chi connectivity index (χ1v) is 6.44. The van der Waals surface area contributed by atoms with Crippen LogP contribution in [0.5, 0.6) is 0 Å². The molecule has 2 unspecified atom stereocenters. The Morgan fingerprint density at radius 3 is 2.61 bits per heavy atom. The van der Waals surface area contributed by atoms with Gasteiger partial charge in [-0.2, -0.15) is 0 Å². The van der Waals surface area contributed by atoms with Gasteiger partial charge in [0, 0.05) is 13.0 Å². The van der Waals surface area contributed by atoms with Crippen LogP contribution in [-0.4, -0.2) is 60.8 Å². The zero-order valence-corrected chi connectivity index (χ0v) is 10.6. The number of carboxylic acid groups (broad SMARTS) is 1. The van der Waals surface area contributed by atoms with Crippen LogP contribution in [0.1, 0.15) is 13.3 Å². The molecule has 2 N–H and O–H groups in total. The second-order valence-corrected chi connectivity index (χ2v) is 4.96. The summed E-state index contributed by atoms with van der Waals surface area (Å²) in [6, 6.07) is -0.312. The predicted octanol–water partition coefficient (Wildman–Crippen LogP) is -0.456. The molecule has 2 saturated heterocycles. The van der Waals surface area contributed by atoms with Crippen molar-refractivity contribution >= 4 is 11.9 Å². The second kappa shape index (κ2) is 5.67. The van der Waals surface area contributed by atoms with Crippen molar-refractivity contribution in [1.82, 2.24) is 10.2 Å². The van der Waals surface area contributed by atoms with Gasteiger partial charge >= 0.3 is 5.97 Å². The molecule has 0 spiro atoms. The highest BCUT2D eigenvalue weighted by molar-refractivity contribution is 5.79.